The number of rotatable bonds is 8. The van der Waals surface area contributed by atoms with E-state index in [0.29, 0.717) is 0 Å². The molecular formula is C20H26N2O2. The average Bonchev–Trinajstić information content (AvgIpc) is 2.58. The lowest BCUT2D eigenvalue weighted by atomic mass is 10.1. The largest absolute Gasteiger partial charge is 0.494 e. The first-order valence-corrected chi connectivity index (χ1v) is 8.42. The maximum Gasteiger partial charge on any atom is 0.243 e. The van der Waals surface area contributed by atoms with E-state index in [9.17, 15) is 4.79 Å². The summed E-state index contributed by atoms with van der Waals surface area (Å²) in [6.07, 6.45) is 2.16. The Hall–Kier alpha value is -2.49. The normalized spacial score (nSPS) is 10.3. The molecule has 2 aromatic rings. The van der Waals surface area contributed by atoms with E-state index in [0.717, 1.165) is 36.6 Å². The van der Waals surface area contributed by atoms with E-state index in [4.69, 9.17) is 4.74 Å². The highest BCUT2D eigenvalue weighted by Gasteiger charge is 2.03. The van der Waals surface area contributed by atoms with Gasteiger partial charge in [-0.15, -0.1) is 0 Å². The summed E-state index contributed by atoms with van der Waals surface area (Å²) in [5.74, 6) is 0.752. The van der Waals surface area contributed by atoms with Crippen LogP contribution < -0.4 is 15.4 Å². The molecule has 0 saturated heterocycles. The first-order chi connectivity index (χ1) is 11.6. The van der Waals surface area contributed by atoms with Crippen LogP contribution in [0.3, 0.4) is 0 Å². The molecule has 4 nitrogen and oxygen atoms in total. The van der Waals surface area contributed by atoms with E-state index in [2.05, 4.69) is 31.4 Å². The number of ether oxygens (including phenoxy) is 1. The number of anilines is 2. The number of carbonyl (C=O) groups is 1. The molecule has 24 heavy (non-hydrogen) atoms. The molecule has 128 valence electrons. The molecule has 0 spiro atoms. The Morgan fingerprint density at radius 3 is 2.38 bits per heavy atom. The minimum atomic E-state index is -0.0760. The molecule has 0 fully saturated rings. The van der Waals surface area contributed by atoms with Crippen molar-refractivity contribution in [2.24, 2.45) is 0 Å². The molecule has 0 bridgehead atoms. The Bertz CT molecular complexity index is 666. The molecule has 1 amide bonds. The summed E-state index contributed by atoms with van der Waals surface area (Å²) in [5.41, 5.74) is 4.17. The number of hydrogen-bond donors (Lipinski definition) is 2. The summed E-state index contributed by atoms with van der Waals surface area (Å²) < 4.78 is 5.61. The van der Waals surface area contributed by atoms with Crippen molar-refractivity contribution in [3.05, 3.63) is 53.6 Å². The molecular weight excluding hydrogens is 300 g/mol. The Morgan fingerprint density at radius 2 is 1.71 bits per heavy atom. The van der Waals surface area contributed by atoms with Gasteiger partial charge in [-0.25, -0.2) is 0 Å². The number of amides is 1. The maximum absolute atomic E-state index is 12.0. The summed E-state index contributed by atoms with van der Waals surface area (Å²) >= 11 is 0. The van der Waals surface area contributed by atoms with Gasteiger partial charge in [-0.05, 0) is 67.8 Å². The van der Waals surface area contributed by atoms with Crippen LogP contribution in [0.25, 0.3) is 0 Å². The quantitative estimate of drug-likeness (QED) is 0.701. The average molecular weight is 326 g/mol. The van der Waals surface area contributed by atoms with Crippen molar-refractivity contribution in [2.75, 3.05) is 23.8 Å². The Balaban J connectivity index is 1.80. The summed E-state index contributed by atoms with van der Waals surface area (Å²) in [6.45, 7) is 7.22. The SMILES string of the molecule is CCCCOc1ccc(NC(=O)CNc2ccc(C)c(C)c2)cc1. The third-order valence-electron chi connectivity index (χ3n) is 3.86. The molecule has 0 aliphatic carbocycles. The van der Waals surface area contributed by atoms with Gasteiger partial charge in [0.2, 0.25) is 5.91 Å². The fourth-order valence-corrected chi connectivity index (χ4v) is 2.21. The predicted molar refractivity (Wildman–Crippen MR) is 99.9 cm³/mol. The monoisotopic (exact) mass is 326 g/mol. The van der Waals surface area contributed by atoms with Crippen molar-refractivity contribution < 1.29 is 9.53 Å². The Kier molecular flexibility index (Phi) is 6.67. The molecule has 0 heterocycles. The summed E-state index contributed by atoms with van der Waals surface area (Å²) in [7, 11) is 0. The second kappa shape index (κ2) is 8.96. The highest BCUT2D eigenvalue weighted by molar-refractivity contribution is 5.93. The molecule has 4 heteroatoms. The van der Waals surface area contributed by atoms with E-state index < -0.39 is 0 Å². The minimum Gasteiger partial charge on any atom is -0.494 e. The molecule has 2 rings (SSSR count). The number of carbonyl (C=O) groups excluding carboxylic acids is 1. The lowest BCUT2D eigenvalue weighted by Gasteiger charge is -2.10. The number of benzene rings is 2. The van der Waals surface area contributed by atoms with Crippen molar-refractivity contribution in [3.8, 4) is 5.75 Å². The molecule has 2 N–H and O–H groups in total. The fraction of sp³-hybridized carbons (Fsp3) is 0.350. The van der Waals surface area contributed by atoms with Crippen molar-refractivity contribution in [1.29, 1.82) is 0 Å². The topological polar surface area (TPSA) is 50.4 Å². The molecule has 0 unspecified atom stereocenters. The van der Waals surface area contributed by atoms with Gasteiger partial charge in [-0.2, -0.15) is 0 Å². The van der Waals surface area contributed by atoms with Gasteiger partial charge in [0.1, 0.15) is 5.75 Å². The Morgan fingerprint density at radius 1 is 1.00 bits per heavy atom. The summed E-state index contributed by atoms with van der Waals surface area (Å²) in [5, 5.41) is 6.02. The number of unbranched alkanes of at least 4 members (excludes halogenated alkanes) is 1. The molecule has 0 aromatic heterocycles. The second-order valence-electron chi connectivity index (χ2n) is 5.93. The van der Waals surface area contributed by atoms with Crippen LogP contribution in [0.5, 0.6) is 5.75 Å². The van der Waals surface area contributed by atoms with Crippen LogP contribution in [0.15, 0.2) is 42.5 Å². The van der Waals surface area contributed by atoms with Crippen molar-refractivity contribution in [2.45, 2.75) is 33.6 Å². The second-order valence-corrected chi connectivity index (χ2v) is 5.93. The fourth-order valence-electron chi connectivity index (χ4n) is 2.21. The number of nitrogens with one attached hydrogen (secondary N) is 2. The van der Waals surface area contributed by atoms with Crippen molar-refractivity contribution >= 4 is 17.3 Å². The van der Waals surface area contributed by atoms with Crippen molar-refractivity contribution in [3.63, 3.8) is 0 Å². The number of hydrogen-bond acceptors (Lipinski definition) is 3. The Labute approximate surface area is 144 Å². The van der Waals surface area contributed by atoms with E-state index in [1.807, 2.05) is 42.5 Å². The van der Waals surface area contributed by atoms with E-state index in [1.165, 1.54) is 11.1 Å². The summed E-state index contributed by atoms with van der Waals surface area (Å²) in [6, 6.07) is 13.5. The van der Waals surface area contributed by atoms with Crippen molar-refractivity contribution in [1.82, 2.24) is 0 Å². The van der Waals surface area contributed by atoms with E-state index in [-0.39, 0.29) is 12.5 Å². The third-order valence-corrected chi connectivity index (χ3v) is 3.86. The highest BCUT2D eigenvalue weighted by Crippen LogP contribution is 2.16. The zero-order valence-electron chi connectivity index (χ0n) is 14.7. The molecule has 0 aliphatic heterocycles. The molecule has 0 saturated carbocycles. The van der Waals surface area contributed by atoms with Gasteiger partial charge in [0.05, 0.1) is 13.2 Å². The van der Waals surface area contributed by atoms with Gasteiger partial charge >= 0.3 is 0 Å². The smallest absolute Gasteiger partial charge is 0.243 e. The van der Waals surface area contributed by atoms with Crippen LogP contribution in [-0.4, -0.2) is 19.1 Å². The van der Waals surface area contributed by atoms with Gasteiger partial charge in [-0.1, -0.05) is 19.4 Å². The van der Waals surface area contributed by atoms with Crippen LogP contribution in [-0.2, 0) is 4.79 Å². The van der Waals surface area contributed by atoms with Crippen LogP contribution in [0.4, 0.5) is 11.4 Å². The minimum absolute atomic E-state index is 0.0760. The van der Waals surface area contributed by atoms with Crippen LogP contribution in [0.1, 0.15) is 30.9 Å². The van der Waals surface area contributed by atoms with E-state index in [1.54, 1.807) is 0 Å². The highest BCUT2D eigenvalue weighted by atomic mass is 16.5. The first kappa shape index (κ1) is 17.9. The van der Waals surface area contributed by atoms with Gasteiger partial charge in [0.25, 0.3) is 0 Å². The molecule has 0 aliphatic rings. The zero-order chi connectivity index (χ0) is 17.4. The lowest BCUT2D eigenvalue weighted by Crippen LogP contribution is -2.21. The van der Waals surface area contributed by atoms with Crippen LogP contribution >= 0.6 is 0 Å². The van der Waals surface area contributed by atoms with Gasteiger partial charge in [0, 0.05) is 11.4 Å². The third kappa shape index (κ3) is 5.61. The molecule has 0 radical (unpaired) electrons. The maximum atomic E-state index is 12.0. The molecule has 2 aromatic carbocycles. The standard InChI is InChI=1S/C20H26N2O2/c1-4-5-12-24-19-10-8-17(9-11-19)22-20(23)14-21-18-7-6-15(2)16(3)13-18/h6-11,13,21H,4-5,12,14H2,1-3H3,(H,22,23). The van der Waals surface area contributed by atoms with Gasteiger partial charge in [-0.3, -0.25) is 4.79 Å². The number of aryl methyl sites for hydroxylation is 2. The van der Waals surface area contributed by atoms with Gasteiger partial charge < -0.3 is 15.4 Å². The zero-order valence-corrected chi connectivity index (χ0v) is 14.7. The lowest BCUT2D eigenvalue weighted by molar-refractivity contribution is -0.114. The van der Waals surface area contributed by atoms with Crippen LogP contribution in [0.2, 0.25) is 0 Å². The van der Waals surface area contributed by atoms with Gasteiger partial charge in [0.15, 0.2) is 0 Å². The summed E-state index contributed by atoms with van der Waals surface area (Å²) in [4.78, 5) is 12.0. The van der Waals surface area contributed by atoms with E-state index >= 15 is 0 Å². The first-order valence-electron chi connectivity index (χ1n) is 8.42. The molecule has 0 atom stereocenters. The van der Waals surface area contributed by atoms with Crippen LogP contribution in [0, 0.1) is 13.8 Å². The predicted octanol–water partition coefficient (Wildman–Crippen LogP) is 4.53.